The lowest BCUT2D eigenvalue weighted by Gasteiger charge is -2.38. The predicted molar refractivity (Wildman–Crippen MR) is 455 cm³/mol. The Labute approximate surface area is 699 Å². The number of alkyl carbamates (subject to hydrolysis) is 4. The van der Waals surface area contributed by atoms with Crippen LogP contribution in [0, 0.1) is 35.5 Å². The van der Waals surface area contributed by atoms with Crippen LogP contribution < -0.4 is 26.7 Å². The number of carbonyl (C=O) groups is 8. The second kappa shape index (κ2) is 35.9. The van der Waals surface area contributed by atoms with Gasteiger partial charge in [-0.25, -0.2) is 29.1 Å². The van der Waals surface area contributed by atoms with Crippen LogP contribution >= 0.6 is 15.9 Å². The Bertz CT molecular complexity index is 4860. The van der Waals surface area contributed by atoms with Gasteiger partial charge in [0.25, 0.3) is 0 Å². The number of hydrogen-bond acceptors (Lipinski definition) is 18. The van der Waals surface area contributed by atoms with Crippen molar-refractivity contribution < 1.29 is 66.6 Å². The Kier molecular flexibility index (Phi) is 26.2. The van der Waals surface area contributed by atoms with E-state index in [-0.39, 0.29) is 102 Å². The van der Waals surface area contributed by atoms with Gasteiger partial charge in [0.15, 0.2) is 0 Å². The summed E-state index contributed by atoms with van der Waals surface area (Å²) >= 11 is 3.46. The molecule has 118 heavy (non-hydrogen) atoms. The minimum absolute atomic E-state index is 0.0280. The third kappa shape index (κ3) is 18.0. The Morgan fingerprint density at radius 3 is 1.24 bits per heavy atom. The number of likely N-dealkylation sites (tertiary alicyclic amines) is 4. The van der Waals surface area contributed by atoms with Crippen molar-refractivity contribution in [3.8, 4) is 11.1 Å². The number of allylic oxidation sites excluding steroid dienone is 2. The Hall–Kier alpha value is -9.94. The minimum Gasteiger partial charge on any atom is -0.453 e. The fraction of sp³-hybridized carbons (Fsp3) is 0.545. The van der Waals surface area contributed by atoms with Crippen LogP contribution in [0.5, 0.6) is 0 Å². The van der Waals surface area contributed by atoms with Gasteiger partial charge >= 0.3 is 31.5 Å². The van der Waals surface area contributed by atoms with E-state index in [0.29, 0.717) is 37.8 Å². The molecule has 0 radical (unpaired) electrons. The van der Waals surface area contributed by atoms with Gasteiger partial charge in [0.2, 0.25) is 23.6 Å². The van der Waals surface area contributed by atoms with Crippen molar-refractivity contribution >= 4 is 121 Å². The summed E-state index contributed by atoms with van der Waals surface area (Å²) in [5, 5.41) is 10.9. The zero-order valence-corrected chi connectivity index (χ0v) is 72.2. The number of rotatable bonds is 20. The SMILES string of the molecule is COC(=O)N[C@H](C(=O)N1C2CCC(C2)C1C1=NC=C(c2ccc(-c3ccc4nc([C@@H]5CCCN5C(=O)[C@@H](NC(=O)OC)C(C)C)[nH]c4c3)cc2)C1)C(C)C.COC(=O)N[C@H](C(=O)N1C2CCC(C2)C1C1=NC=C(c2ccc(B3OC(C)(C)C(C)(C)O3)cc2)C1)C(C)C.COC(=O)N[C@H](C(=O)N1CCC[C@H]1c1nc2ccc(Br)cc2[nH]1)C(C)C. The van der Waals surface area contributed by atoms with Crippen molar-refractivity contribution in [1.29, 1.82) is 0 Å². The number of hydrogen-bond donors (Lipinski definition) is 6. The number of amides is 8. The first-order chi connectivity index (χ1) is 56.3. The zero-order chi connectivity index (χ0) is 84.5. The average Bonchev–Trinajstić information content (AvgIpc) is 1.60. The topological polar surface area (TPSA) is 335 Å². The normalized spacial score (nSPS) is 23.6. The highest BCUT2D eigenvalue weighted by molar-refractivity contribution is 9.10. The molecule has 7 fully saturated rings. The van der Waals surface area contributed by atoms with Gasteiger partial charge in [0.05, 0.1) is 85.9 Å². The van der Waals surface area contributed by atoms with Crippen LogP contribution in [0.3, 0.4) is 0 Å². The summed E-state index contributed by atoms with van der Waals surface area (Å²) in [6.07, 6.45) is 12.4. The fourth-order valence-electron chi connectivity index (χ4n) is 18.4. The largest absolute Gasteiger partial charge is 0.494 e. The number of imidazole rings is 2. The van der Waals surface area contributed by atoms with Gasteiger partial charge in [-0.15, -0.1) is 0 Å². The van der Waals surface area contributed by atoms with Crippen molar-refractivity contribution in [2.24, 2.45) is 45.5 Å². The molecule has 2 aromatic heterocycles. The monoisotopic (exact) mass is 1680 g/mol. The van der Waals surface area contributed by atoms with E-state index in [1.54, 1.807) is 0 Å². The van der Waals surface area contributed by atoms with E-state index in [1.807, 2.05) is 112 Å². The molecule has 5 saturated heterocycles. The Morgan fingerprint density at radius 1 is 0.475 bits per heavy atom. The summed E-state index contributed by atoms with van der Waals surface area (Å²) in [5.74, 6) is 1.68. The number of fused-ring (bicyclic) bond motifs is 6. The highest BCUT2D eigenvalue weighted by Gasteiger charge is 2.55. The molecule has 2 aliphatic carbocycles. The van der Waals surface area contributed by atoms with Gasteiger partial charge in [-0.1, -0.05) is 126 Å². The number of nitrogens with one attached hydrogen (secondary N) is 6. The molecule has 8 amide bonds. The summed E-state index contributed by atoms with van der Waals surface area (Å²) in [7, 11) is 4.83. The molecular formula is C88H114BBrN14O14. The summed E-state index contributed by atoms with van der Waals surface area (Å²) in [6.45, 7) is 24.9. The third-order valence-electron chi connectivity index (χ3n) is 25.5. The van der Waals surface area contributed by atoms with Crippen molar-refractivity contribution in [2.45, 2.75) is 232 Å². The molecular weight excluding hydrogens is 1570 g/mol. The molecule has 630 valence electrons. The Balaban J connectivity index is 0.000000164. The molecule has 9 aliphatic rings. The first-order valence-electron chi connectivity index (χ1n) is 41.6. The lowest BCUT2D eigenvalue weighted by Crippen LogP contribution is -2.57. The van der Waals surface area contributed by atoms with Crippen LogP contribution in [0.15, 0.2) is 112 Å². The van der Waals surface area contributed by atoms with Gasteiger partial charge in [-0.2, -0.15) is 0 Å². The number of halogens is 1. The molecule has 6 N–H and O–H groups in total. The molecule has 9 heterocycles. The first kappa shape index (κ1) is 85.9. The van der Waals surface area contributed by atoms with Gasteiger partial charge < -0.3 is 79.1 Å². The average molecular weight is 1680 g/mol. The maximum Gasteiger partial charge on any atom is 0.494 e. The van der Waals surface area contributed by atoms with Gasteiger partial charge in [0.1, 0.15) is 35.8 Å². The number of carbonyl (C=O) groups excluding carboxylic acids is 8. The number of H-pyrrole nitrogens is 2. The summed E-state index contributed by atoms with van der Waals surface area (Å²) in [6, 6.07) is 26.2. The van der Waals surface area contributed by atoms with Crippen LogP contribution in [0.1, 0.15) is 195 Å². The van der Waals surface area contributed by atoms with E-state index in [9.17, 15) is 38.4 Å². The number of aliphatic imine (C=N–C) groups is 2. The van der Waals surface area contributed by atoms with E-state index >= 15 is 0 Å². The maximum absolute atomic E-state index is 13.9. The number of methoxy groups -OCH3 is 4. The minimum atomic E-state index is -0.689. The molecule has 2 saturated carbocycles. The van der Waals surface area contributed by atoms with E-state index < -0.39 is 48.5 Å². The van der Waals surface area contributed by atoms with E-state index in [2.05, 4.69) is 145 Å². The van der Waals surface area contributed by atoms with Crippen molar-refractivity contribution in [3.63, 3.8) is 0 Å². The highest BCUT2D eigenvalue weighted by atomic mass is 79.9. The number of ether oxygens (including phenoxy) is 4. The molecule has 6 unspecified atom stereocenters. The lowest BCUT2D eigenvalue weighted by atomic mass is 9.78. The second-order valence-electron chi connectivity index (χ2n) is 35.0. The first-order valence-corrected chi connectivity index (χ1v) is 42.4. The molecule has 7 aliphatic heterocycles. The number of benzene rings is 4. The molecule has 30 heteroatoms. The van der Waals surface area contributed by atoms with E-state index in [4.69, 9.17) is 38.5 Å². The van der Waals surface area contributed by atoms with Crippen LogP contribution in [0.2, 0.25) is 0 Å². The molecule has 28 nitrogen and oxygen atoms in total. The molecule has 12 atom stereocenters. The lowest BCUT2D eigenvalue weighted by molar-refractivity contribution is -0.138. The van der Waals surface area contributed by atoms with E-state index in [1.165, 1.54) is 28.4 Å². The maximum atomic E-state index is 13.9. The Morgan fingerprint density at radius 2 is 0.839 bits per heavy atom. The number of nitrogens with zero attached hydrogens (tertiary/aromatic N) is 8. The van der Waals surface area contributed by atoms with Gasteiger partial charge in [-0.3, -0.25) is 29.2 Å². The highest BCUT2D eigenvalue weighted by Crippen LogP contribution is 2.48. The molecule has 4 bridgehead atoms. The third-order valence-corrected chi connectivity index (χ3v) is 26.0. The van der Waals surface area contributed by atoms with Crippen LogP contribution in [-0.4, -0.2) is 207 Å². The second-order valence-corrected chi connectivity index (χ2v) is 35.9. The molecule has 0 spiro atoms. The quantitative estimate of drug-likeness (QED) is 0.0305. The van der Waals surface area contributed by atoms with Crippen molar-refractivity contribution in [2.75, 3.05) is 41.5 Å². The summed E-state index contributed by atoms with van der Waals surface area (Å²) < 4.78 is 32.4. The van der Waals surface area contributed by atoms with Gasteiger partial charge in [-0.05, 0) is 197 Å². The summed E-state index contributed by atoms with van der Waals surface area (Å²) in [5.41, 5.74) is 12.4. The smallest absolute Gasteiger partial charge is 0.453 e. The standard InChI is InChI=1S/C41H51N7O6.C29H40BN3O5.C18H23BrN4O3/c1-22(2)34(45-40(51)53-5)38(49)47-17-7-8-33(47)37-43-30-16-14-26(19-31(30)44-37)24-9-11-25(12-10-24)28-20-32(42-21-28)36-27-13-15-29(18-27)48(36)39(50)35(23(3)4)46-41(52)54-6;1-17(2)24(32-27(35)36-7)26(34)33-22-13-10-19(14-22)25(33)23-15-20(16-31-23)18-8-11-21(12-9-18)30-37-28(3,4)29(5,6)38-30;1-10(2)15(22-18(25)26-3)17(24)23-8-4-5-14(23)16-20-12-7-6-11(19)9-13(12)21-16/h9-12,14,16,19,21-23,27,29,33-36H,7-8,13,15,17-18,20H2,1-6H3,(H,43,44)(H,45,51)(H,46,52);8-9,11-12,16-17,19,22,24-25H,10,13-15H2,1-7H3,(H,32,35);6-7,9-10,14-15H,4-5,8H2,1-3H3,(H,20,21)(H,22,25)/t27?,29?,33-,34-,35-,36?;19?,22?,24-,25?;14-,15-/m000/s1. The molecule has 6 aromatic rings. The van der Waals surface area contributed by atoms with Crippen LogP contribution in [0.25, 0.3) is 44.3 Å². The van der Waals surface area contributed by atoms with E-state index in [0.717, 1.165) is 153 Å². The van der Waals surface area contributed by atoms with Gasteiger partial charge in [0, 0.05) is 66.3 Å². The van der Waals surface area contributed by atoms with Crippen molar-refractivity contribution in [3.05, 3.63) is 125 Å². The number of aromatic amines is 2. The molecule has 15 rings (SSSR count). The number of aromatic nitrogens is 4. The van der Waals surface area contributed by atoms with Crippen LogP contribution in [0.4, 0.5) is 19.2 Å². The number of piperidine rings is 2. The summed E-state index contributed by atoms with van der Waals surface area (Å²) in [4.78, 5) is 136. The predicted octanol–water partition coefficient (Wildman–Crippen LogP) is 13.5. The molecule has 4 aromatic carbocycles. The zero-order valence-electron chi connectivity index (χ0n) is 70.6. The van der Waals surface area contributed by atoms with Crippen molar-refractivity contribution in [1.82, 2.24) is 60.8 Å². The fourth-order valence-corrected chi connectivity index (χ4v) is 18.8. The van der Waals surface area contributed by atoms with Crippen LogP contribution in [-0.2, 0) is 47.4 Å².